The van der Waals surface area contributed by atoms with Crippen molar-refractivity contribution in [3.05, 3.63) is 58.1 Å². The van der Waals surface area contributed by atoms with Crippen molar-refractivity contribution in [2.75, 3.05) is 0 Å². The van der Waals surface area contributed by atoms with Crippen LogP contribution in [0.25, 0.3) is 0 Å². The molecule has 0 aliphatic carbocycles. The van der Waals surface area contributed by atoms with E-state index >= 15 is 0 Å². The third-order valence-corrected chi connectivity index (χ3v) is 3.54. The van der Waals surface area contributed by atoms with Crippen molar-refractivity contribution in [3.63, 3.8) is 0 Å². The molecule has 0 unspecified atom stereocenters. The highest BCUT2D eigenvalue weighted by atomic mass is 35.5. The lowest BCUT2D eigenvalue weighted by atomic mass is 10.1. The molecule has 0 saturated heterocycles. The van der Waals surface area contributed by atoms with Gasteiger partial charge in [0, 0.05) is 10.6 Å². The van der Waals surface area contributed by atoms with Crippen molar-refractivity contribution < 1.29 is 4.74 Å². The number of hydrogen-bond donors (Lipinski definition) is 0. The Balaban J connectivity index is 2.34. The smallest absolute Gasteiger partial charge is 0.133 e. The van der Waals surface area contributed by atoms with Crippen molar-refractivity contribution in [2.45, 2.75) is 19.7 Å². The van der Waals surface area contributed by atoms with Gasteiger partial charge in [0.05, 0.1) is 5.88 Å². The molecule has 0 aliphatic rings. The van der Waals surface area contributed by atoms with Crippen LogP contribution in [0.15, 0.2) is 36.4 Å². The summed E-state index contributed by atoms with van der Waals surface area (Å²) in [6.45, 7) is 4.13. The van der Waals surface area contributed by atoms with Gasteiger partial charge in [-0.3, -0.25) is 0 Å². The van der Waals surface area contributed by atoms with Crippen LogP contribution in [-0.2, 0) is 5.88 Å². The van der Waals surface area contributed by atoms with Gasteiger partial charge in [0.15, 0.2) is 0 Å². The predicted molar refractivity (Wildman–Crippen MR) is 77.0 cm³/mol. The zero-order valence-corrected chi connectivity index (χ0v) is 11.8. The van der Waals surface area contributed by atoms with Gasteiger partial charge in [0.2, 0.25) is 0 Å². The zero-order chi connectivity index (χ0) is 13.1. The van der Waals surface area contributed by atoms with E-state index < -0.39 is 0 Å². The fraction of sp³-hybridized carbons (Fsp3) is 0.200. The summed E-state index contributed by atoms with van der Waals surface area (Å²) in [5.41, 5.74) is 3.26. The highest BCUT2D eigenvalue weighted by molar-refractivity contribution is 6.32. The summed E-state index contributed by atoms with van der Waals surface area (Å²) < 4.78 is 5.85. The molecule has 0 atom stereocenters. The van der Waals surface area contributed by atoms with Crippen LogP contribution < -0.4 is 4.74 Å². The summed E-state index contributed by atoms with van der Waals surface area (Å²) in [6, 6.07) is 11.5. The molecule has 2 aromatic carbocycles. The van der Waals surface area contributed by atoms with Gasteiger partial charge in [-0.25, -0.2) is 0 Å². The van der Waals surface area contributed by atoms with Gasteiger partial charge in [0.25, 0.3) is 0 Å². The van der Waals surface area contributed by atoms with Crippen LogP contribution >= 0.6 is 23.2 Å². The Kier molecular flexibility index (Phi) is 4.15. The second kappa shape index (κ2) is 5.64. The highest BCUT2D eigenvalue weighted by Gasteiger charge is 2.08. The minimum absolute atomic E-state index is 0.333. The third-order valence-electron chi connectivity index (χ3n) is 2.92. The Bertz CT molecular complexity index is 564. The van der Waals surface area contributed by atoms with Crippen LogP contribution in [-0.4, -0.2) is 0 Å². The maximum Gasteiger partial charge on any atom is 0.133 e. The maximum atomic E-state index is 6.09. The molecule has 18 heavy (non-hydrogen) atoms. The van der Waals surface area contributed by atoms with Gasteiger partial charge in [-0.1, -0.05) is 23.7 Å². The molecule has 0 amide bonds. The number of ether oxygens (including phenoxy) is 1. The highest BCUT2D eigenvalue weighted by Crippen LogP contribution is 2.32. The summed E-state index contributed by atoms with van der Waals surface area (Å²) in [6.07, 6.45) is 0. The van der Waals surface area contributed by atoms with E-state index in [-0.39, 0.29) is 0 Å². The van der Waals surface area contributed by atoms with Crippen molar-refractivity contribution in [1.29, 1.82) is 0 Å². The lowest BCUT2D eigenvalue weighted by Gasteiger charge is -2.12. The van der Waals surface area contributed by atoms with E-state index in [0.717, 1.165) is 11.3 Å². The molecule has 94 valence electrons. The van der Waals surface area contributed by atoms with Crippen LogP contribution in [0.3, 0.4) is 0 Å². The molecular formula is C15H14Cl2O. The lowest BCUT2D eigenvalue weighted by Crippen LogP contribution is -1.91. The van der Waals surface area contributed by atoms with Crippen molar-refractivity contribution in [2.24, 2.45) is 0 Å². The summed E-state index contributed by atoms with van der Waals surface area (Å²) in [5.74, 6) is 1.84. The van der Waals surface area contributed by atoms with Gasteiger partial charge in [0.1, 0.15) is 11.5 Å². The molecule has 0 bridgehead atoms. The van der Waals surface area contributed by atoms with Crippen molar-refractivity contribution in [3.8, 4) is 11.5 Å². The largest absolute Gasteiger partial charge is 0.457 e. The van der Waals surface area contributed by atoms with Crippen molar-refractivity contribution >= 4 is 23.2 Å². The van der Waals surface area contributed by atoms with Gasteiger partial charge < -0.3 is 4.74 Å². The van der Waals surface area contributed by atoms with Gasteiger partial charge in [-0.05, 0) is 49.2 Å². The van der Waals surface area contributed by atoms with Crippen LogP contribution in [0.4, 0.5) is 0 Å². The van der Waals surface area contributed by atoms with Gasteiger partial charge in [-0.2, -0.15) is 0 Å². The molecule has 0 saturated carbocycles. The SMILES string of the molecule is Cc1ccc(Oc2cccc(Cl)c2CCl)cc1C. The molecule has 0 aliphatic heterocycles. The van der Waals surface area contributed by atoms with Crippen LogP contribution in [0.2, 0.25) is 5.02 Å². The Morgan fingerprint density at radius 2 is 1.83 bits per heavy atom. The van der Waals surface area contributed by atoms with E-state index in [1.165, 1.54) is 11.1 Å². The molecule has 0 aromatic heterocycles. The third kappa shape index (κ3) is 2.80. The van der Waals surface area contributed by atoms with Crippen LogP contribution in [0, 0.1) is 13.8 Å². The molecule has 0 fully saturated rings. The monoisotopic (exact) mass is 280 g/mol. The first-order valence-corrected chi connectivity index (χ1v) is 6.61. The zero-order valence-electron chi connectivity index (χ0n) is 10.3. The summed E-state index contributed by atoms with van der Waals surface area (Å²) in [5, 5.41) is 0.631. The van der Waals surface area contributed by atoms with Crippen LogP contribution in [0.5, 0.6) is 11.5 Å². The minimum Gasteiger partial charge on any atom is -0.457 e. The molecule has 0 heterocycles. The van der Waals surface area contributed by atoms with Gasteiger partial charge >= 0.3 is 0 Å². The lowest BCUT2D eigenvalue weighted by molar-refractivity contribution is 0.478. The van der Waals surface area contributed by atoms with Crippen molar-refractivity contribution in [1.82, 2.24) is 0 Å². The molecular weight excluding hydrogens is 267 g/mol. The number of benzene rings is 2. The molecule has 0 radical (unpaired) electrons. The average Bonchev–Trinajstić information content (AvgIpc) is 2.34. The van der Waals surface area contributed by atoms with E-state index in [4.69, 9.17) is 27.9 Å². The summed E-state index contributed by atoms with van der Waals surface area (Å²) >= 11 is 12.0. The topological polar surface area (TPSA) is 9.23 Å². The number of hydrogen-bond acceptors (Lipinski definition) is 1. The van der Waals surface area contributed by atoms with E-state index in [9.17, 15) is 0 Å². The normalized spacial score (nSPS) is 10.4. The molecule has 0 spiro atoms. The standard InChI is InChI=1S/C15H14Cl2O/c1-10-6-7-12(8-11(10)2)18-15-5-3-4-14(17)13(15)9-16/h3-8H,9H2,1-2H3. The number of halogens is 2. The number of alkyl halides is 1. The molecule has 3 heteroatoms. The minimum atomic E-state index is 0.333. The number of aryl methyl sites for hydroxylation is 2. The van der Waals surface area contributed by atoms with E-state index in [1.807, 2.05) is 36.4 Å². The first kappa shape index (κ1) is 13.3. The molecule has 2 rings (SSSR count). The first-order valence-electron chi connectivity index (χ1n) is 5.70. The Morgan fingerprint density at radius 3 is 2.50 bits per heavy atom. The fourth-order valence-corrected chi connectivity index (χ4v) is 2.25. The molecule has 0 N–H and O–H groups in total. The Morgan fingerprint density at radius 1 is 1.06 bits per heavy atom. The van der Waals surface area contributed by atoms with Gasteiger partial charge in [-0.15, -0.1) is 11.6 Å². The second-order valence-electron chi connectivity index (χ2n) is 4.20. The average molecular weight is 281 g/mol. The predicted octanol–water partition coefficient (Wildman–Crippen LogP) is 5.49. The summed E-state index contributed by atoms with van der Waals surface area (Å²) in [7, 11) is 0. The fourth-order valence-electron chi connectivity index (χ4n) is 1.67. The summed E-state index contributed by atoms with van der Waals surface area (Å²) in [4.78, 5) is 0. The molecule has 1 nitrogen and oxygen atoms in total. The van der Waals surface area contributed by atoms with E-state index in [1.54, 1.807) is 0 Å². The van der Waals surface area contributed by atoms with E-state index in [0.29, 0.717) is 16.7 Å². The van der Waals surface area contributed by atoms with Crippen LogP contribution in [0.1, 0.15) is 16.7 Å². The quantitative estimate of drug-likeness (QED) is 0.676. The Hall–Kier alpha value is -1.18. The molecule has 2 aromatic rings. The second-order valence-corrected chi connectivity index (χ2v) is 4.87. The first-order chi connectivity index (χ1) is 8.61. The number of rotatable bonds is 3. The Labute approximate surface area is 117 Å². The maximum absolute atomic E-state index is 6.09. The van der Waals surface area contributed by atoms with E-state index in [2.05, 4.69) is 13.8 Å².